The van der Waals surface area contributed by atoms with Crippen LogP contribution in [0.25, 0.3) is 22.3 Å². The van der Waals surface area contributed by atoms with Gasteiger partial charge in [-0.1, -0.05) is 77.8 Å². The van der Waals surface area contributed by atoms with Crippen molar-refractivity contribution in [3.63, 3.8) is 0 Å². The summed E-state index contributed by atoms with van der Waals surface area (Å²) in [5, 5.41) is 1.23. The number of aryl methyl sites for hydroxylation is 1. The molecule has 6 rings (SSSR count). The number of methoxy groups -OCH3 is 1. The van der Waals surface area contributed by atoms with E-state index < -0.39 is 0 Å². The molecule has 0 bridgehead atoms. The maximum Gasteiger partial charge on any atom is 0.338 e. The molecule has 0 amide bonds. The highest BCUT2D eigenvalue weighted by molar-refractivity contribution is 6.36. The number of rotatable bonds is 9. The Balaban J connectivity index is 1.39. The Bertz CT molecular complexity index is 1720. The molecular weight excluding hydrogens is 608 g/mol. The van der Waals surface area contributed by atoms with Crippen LogP contribution in [0.2, 0.25) is 10.0 Å². The Morgan fingerprint density at radius 1 is 0.911 bits per heavy atom. The summed E-state index contributed by atoms with van der Waals surface area (Å²) in [5.41, 5.74) is 9.07. The highest BCUT2D eigenvalue weighted by Gasteiger charge is 2.25. The molecule has 0 radical (unpaired) electrons. The van der Waals surface area contributed by atoms with Crippen molar-refractivity contribution < 1.29 is 18.7 Å². The van der Waals surface area contributed by atoms with Crippen LogP contribution in [0.1, 0.15) is 58.3 Å². The molecule has 4 aromatic carbocycles. The minimum Gasteiger partial charge on any atom is -0.489 e. The van der Waals surface area contributed by atoms with Crippen molar-refractivity contribution in [3.8, 4) is 16.9 Å². The number of likely N-dealkylation sites (tertiary alicyclic amines) is 1. The largest absolute Gasteiger partial charge is 0.489 e. The van der Waals surface area contributed by atoms with Crippen LogP contribution >= 0.6 is 23.2 Å². The number of carbonyl (C=O) groups excluding carboxylic acids is 1. The average molecular weight is 645 g/mol. The molecule has 0 unspecified atom stereocenters. The molecule has 0 spiro atoms. The number of hydrogen-bond acceptors (Lipinski definition) is 4. The predicted octanol–water partition coefficient (Wildman–Crippen LogP) is 9.56. The van der Waals surface area contributed by atoms with E-state index in [9.17, 15) is 9.18 Å². The van der Waals surface area contributed by atoms with Gasteiger partial charge in [-0.2, -0.15) is 0 Å². The summed E-state index contributed by atoms with van der Waals surface area (Å²) < 4.78 is 24.1. The van der Waals surface area contributed by atoms with E-state index in [-0.39, 0.29) is 18.7 Å². The van der Waals surface area contributed by atoms with Gasteiger partial charge in [-0.3, -0.25) is 9.29 Å². The number of alkyl halides is 1. The fourth-order valence-corrected chi connectivity index (χ4v) is 7.11. The van der Waals surface area contributed by atoms with Crippen molar-refractivity contribution in [2.75, 3.05) is 33.4 Å². The molecule has 1 aliphatic heterocycles. The molecule has 0 saturated carbocycles. The monoisotopic (exact) mass is 643 g/mol. The summed E-state index contributed by atoms with van der Waals surface area (Å²) in [5.74, 6) is 0.472. The fraction of sp³-hybridized carbons (Fsp3) is 0.289. The molecule has 232 valence electrons. The number of carbonyl (C=O) groups is 1. The zero-order chi connectivity index (χ0) is 31.3. The molecule has 2 aliphatic rings. The van der Waals surface area contributed by atoms with Crippen molar-refractivity contribution in [2.24, 2.45) is 0 Å². The number of fused-ring (bicyclic) bond motifs is 1. The van der Waals surface area contributed by atoms with Gasteiger partial charge >= 0.3 is 5.97 Å². The lowest BCUT2D eigenvalue weighted by atomic mass is 9.86. The lowest BCUT2D eigenvalue weighted by Crippen LogP contribution is -2.26. The van der Waals surface area contributed by atoms with E-state index in [2.05, 4.69) is 35.2 Å². The van der Waals surface area contributed by atoms with Crippen LogP contribution in [0.15, 0.2) is 84.9 Å². The summed E-state index contributed by atoms with van der Waals surface area (Å²) >= 11 is 13.1. The fourth-order valence-electron chi connectivity index (χ4n) is 6.58. The van der Waals surface area contributed by atoms with Gasteiger partial charge < -0.3 is 9.47 Å². The Hall–Kier alpha value is -3.64. The summed E-state index contributed by atoms with van der Waals surface area (Å²) in [6, 6.07) is 28.0. The maximum atomic E-state index is 12.6. The number of benzene rings is 4. The SMILES string of the molecule is COC(=O)c1ccccc1-c1ccc2c(c1)CCCC(c1ccc(Cl)cc1Cl)=C2c1ccc(O[C@H]2CCN(CCCF)C2)cc1. The van der Waals surface area contributed by atoms with Crippen LogP contribution in [-0.2, 0) is 11.2 Å². The van der Waals surface area contributed by atoms with E-state index in [0.29, 0.717) is 22.0 Å². The predicted molar refractivity (Wildman–Crippen MR) is 181 cm³/mol. The molecule has 45 heavy (non-hydrogen) atoms. The second kappa shape index (κ2) is 14.2. The third-order valence-electron chi connectivity index (χ3n) is 8.73. The second-order valence-electron chi connectivity index (χ2n) is 11.6. The third kappa shape index (κ3) is 6.96. The molecule has 1 atom stereocenters. The maximum absolute atomic E-state index is 12.6. The summed E-state index contributed by atoms with van der Waals surface area (Å²) in [6.45, 7) is 2.24. The van der Waals surface area contributed by atoms with E-state index in [1.165, 1.54) is 18.2 Å². The van der Waals surface area contributed by atoms with Crippen molar-refractivity contribution in [2.45, 2.75) is 38.2 Å². The number of nitrogens with zero attached hydrogens (tertiary/aromatic N) is 1. The van der Waals surface area contributed by atoms with Crippen molar-refractivity contribution in [1.29, 1.82) is 0 Å². The van der Waals surface area contributed by atoms with Crippen LogP contribution in [0.3, 0.4) is 0 Å². The molecule has 1 fully saturated rings. The van der Waals surface area contributed by atoms with Crippen LogP contribution in [0, 0.1) is 0 Å². The normalized spacial score (nSPS) is 16.8. The second-order valence-corrected chi connectivity index (χ2v) is 12.5. The van der Waals surface area contributed by atoms with Gasteiger partial charge in [0, 0.05) is 29.7 Å². The average Bonchev–Trinajstić information content (AvgIpc) is 3.42. The van der Waals surface area contributed by atoms with Crippen LogP contribution < -0.4 is 4.74 Å². The molecular formula is C38H36Cl2FNO3. The zero-order valence-corrected chi connectivity index (χ0v) is 26.8. The van der Waals surface area contributed by atoms with E-state index in [4.69, 9.17) is 32.7 Å². The quantitative estimate of drug-likeness (QED) is 0.170. The third-order valence-corrected chi connectivity index (χ3v) is 9.28. The standard InChI is InChI=1S/C38H36Cl2FNO3/c1-44-38(43)35-8-3-2-7-31(35)27-12-16-32-26(22-27)6-4-9-34(33-17-13-28(39)23-36(33)40)37(32)25-10-14-29(15-11-25)45-30-18-21-42(24-30)20-5-19-41/h2-3,7-8,10-17,22-23,30H,4-6,9,18-21,24H2,1H3/t30-/m0/s1. The molecule has 1 aliphatic carbocycles. The topological polar surface area (TPSA) is 38.8 Å². The van der Waals surface area contributed by atoms with Crippen molar-refractivity contribution in [3.05, 3.63) is 123 Å². The number of allylic oxidation sites excluding steroid dienone is 1. The van der Waals surface area contributed by atoms with Gasteiger partial charge in [0.1, 0.15) is 11.9 Å². The number of halogens is 3. The minimum absolute atomic E-state index is 0.100. The molecule has 4 aromatic rings. The van der Waals surface area contributed by atoms with Gasteiger partial charge in [0.15, 0.2) is 0 Å². The first-order chi connectivity index (χ1) is 21.9. The molecule has 7 heteroatoms. The molecule has 0 aromatic heterocycles. The van der Waals surface area contributed by atoms with Crippen molar-refractivity contribution in [1.82, 2.24) is 4.90 Å². The first kappa shape index (κ1) is 31.3. The lowest BCUT2D eigenvalue weighted by molar-refractivity contribution is 0.0601. The van der Waals surface area contributed by atoms with Crippen LogP contribution in [-0.4, -0.2) is 50.4 Å². The van der Waals surface area contributed by atoms with Gasteiger partial charge in [-0.15, -0.1) is 0 Å². The lowest BCUT2D eigenvalue weighted by Gasteiger charge is -2.20. The van der Waals surface area contributed by atoms with Crippen LogP contribution in [0.5, 0.6) is 5.75 Å². The number of ether oxygens (including phenoxy) is 2. The van der Waals surface area contributed by atoms with Crippen molar-refractivity contribution >= 4 is 40.3 Å². The van der Waals surface area contributed by atoms with E-state index in [1.807, 2.05) is 42.5 Å². The molecule has 4 nitrogen and oxygen atoms in total. The number of hydrogen-bond donors (Lipinski definition) is 0. The van der Waals surface area contributed by atoms with E-state index in [1.54, 1.807) is 12.1 Å². The highest BCUT2D eigenvalue weighted by atomic mass is 35.5. The van der Waals surface area contributed by atoms with E-state index in [0.717, 1.165) is 84.5 Å². The van der Waals surface area contributed by atoms with Gasteiger partial charge in [0.2, 0.25) is 0 Å². The first-order valence-electron chi connectivity index (χ1n) is 15.5. The Kier molecular flexibility index (Phi) is 9.89. The van der Waals surface area contributed by atoms with E-state index >= 15 is 0 Å². The first-order valence-corrected chi connectivity index (χ1v) is 16.3. The highest BCUT2D eigenvalue weighted by Crippen LogP contribution is 2.43. The van der Waals surface area contributed by atoms with Gasteiger partial charge in [-0.05, 0) is 107 Å². The minimum atomic E-state index is -0.354. The zero-order valence-electron chi connectivity index (χ0n) is 25.3. The Morgan fingerprint density at radius 3 is 2.47 bits per heavy atom. The summed E-state index contributed by atoms with van der Waals surface area (Å²) in [7, 11) is 1.41. The van der Waals surface area contributed by atoms with Gasteiger partial charge in [0.25, 0.3) is 0 Å². The van der Waals surface area contributed by atoms with Crippen LogP contribution in [0.4, 0.5) is 4.39 Å². The summed E-state index contributed by atoms with van der Waals surface area (Å²) in [4.78, 5) is 14.8. The Morgan fingerprint density at radius 2 is 1.69 bits per heavy atom. The Labute approximate surface area is 274 Å². The van der Waals surface area contributed by atoms with Gasteiger partial charge in [-0.25, -0.2) is 4.79 Å². The molecule has 0 N–H and O–H groups in total. The summed E-state index contributed by atoms with van der Waals surface area (Å²) in [6.07, 6.45) is 4.26. The van der Waals surface area contributed by atoms with Gasteiger partial charge in [0.05, 0.1) is 19.3 Å². The smallest absolute Gasteiger partial charge is 0.338 e. The molecule has 1 saturated heterocycles. The molecule has 1 heterocycles. The number of esters is 1.